The van der Waals surface area contributed by atoms with Crippen LogP contribution in [0.3, 0.4) is 0 Å². The van der Waals surface area contributed by atoms with Crippen LogP contribution in [0.2, 0.25) is 0 Å². The number of carboxylic acids is 1. The van der Waals surface area contributed by atoms with E-state index in [1.807, 2.05) is 24.3 Å². The summed E-state index contributed by atoms with van der Waals surface area (Å²) >= 11 is 5.07. The second-order valence-electron chi connectivity index (χ2n) is 4.52. The Bertz CT molecular complexity index is 450. The predicted octanol–water partition coefficient (Wildman–Crippen LogP) is 2.99. The molecule has 1 aromatic rings. The van der Waals surface area contributed by atoms with Gasteiger partial charge in [0.2, 0.25) is 0 Å². The molecule has 1 aromatic carbocycles. The van der Waals surface area contributed by atoms with E-state index in [9.17, 15) is 9.90 Å². The van der Waals surface area contributed by atoms with Crippen molar-refractivity contribution < 1.29 is 9.90 Å². The van der Waals surface area contributed by atoms with Crippen molar-refractivity contribution in [3.63, 3.8) is 0 Å². The van der Waals surface area contributed by atoms with Crippen molar-refractivity contribution >= 4 is 33.7 Å². The lowest BCUT2D eigenvalue weighted by Crippen LogP contribution is -2.54. The molecule has 0 spiro atoms. The lowest BCUT2D eigenvalue weighted by Gasteiger charge is -2.28. The van der Waals surface area contributed by atoms with Crippen LogP contribution in [0.5, 0.6) is 0 Å². The Morgan fingerprint density at radius 2 is 2.22 bits per heavy atom. The van der Waals surface area contributed by atoms with E-state index in [0.29, 0.717) is 5.75 Å². The highest BCUT2D eigenvalue weighted by atomic mass is 79.9. The summed E-state index contributed by atoms with van der Waals surface area (Å²) in [5.41, 5.74) is -0.792. The maximum Gasteiger partial charge on any atom is 0.325 e. The minimum atomic E-state index is -0.792. The third-order valence-electron chi connectivity index (χ3n) is 3.39. The Kier molecular flexibility index (Phi) is 4.35. The van der Waals surface area contributed by atoms with E-state index in [0.717, 1.165) is 22.2 Å². The molecule has 98 valence electrons. The standard InChI is InChI=1S/C13H16BrNO2S/c1-15-13(12(16)17,9-6-7-9)8-18-11-5-3-2-4-10(11)14/h2-5,9,15H,6-8H2,1H3,(H,16,17). The van der Waals surface area contributed by atoms with Crippen LogP contribution in [-0.4, -0.2) is 29.4 Å². The van der Waals surface area contributed by atoms with Gasteiger partial charge in [-0.15, -0.1) is 11.8 Å². The van der Waals surface area contributed by atoms with Gasteiger partial charge in [-0.3, -0.25) is 4.79 Å². The van der Waals surface area contributed by atoms with E-state index in [2.05, 4.69) is 21.2 Å². The van der Waals surface area contributed by atoms with Gasteiger partial charge in [0.25, 0.3) is 0 Å². The van der Waals surface area contributed by atoms with Crippen molar-refractivity contribution in [3.05, 3.63) is 28.7 Å². The molecule has 18 heavy (non-hydrogen) atoms. The highest BCUT2D eigenvalue weighted by molar-refractivity contribution is 9.10. The van der Waals surface area contributed by atoms with E-state index in [1.54, 1.807) is 18.8 Å². The smallest absolute Gasteiger partial charge is 0.325 e. The number of carboxylic acid groups (broad SMARTS) is 1. The van der Waals surface area contributed by atoms with Crippen molar-refractivity contribution in [2.24, 2.45) is 5.92 Å². The number of hydrogen-bond acceptors (Lipinski definition) is 3. The topological polar surface area (TPSA) is 49.3 Å². The number of thioether (sulfide) groups is 1. The summed E-state index contributed by atoms with van der Waals surface area (Å²) in [6.07, 6.45) is 2.01. The van der Waals surface area contributed by atoms with Gasteiger partial charge >= 0.3 is 5.97 Å². The van der Waals surface area contributed by atoms with E-state index in [4.69, 9.17) is 0 Å². The molecule has 0 amide bonds. The van der Waals surface area contributed by atoms with Gasteiger partial charge in [0.1, 0.15) is 5.54 Å². The van der Waals surface area contributed by atoms with Gasteiger partial charge < -0.3 is 10.4 Å². The fourth-order valence-electron chi connectivity index (χ4n) is 2.07. The number of carbonyl (C=O) groups is 1. The van der Waals surface area contributed by atoms with Crippen molar-refractivity contribution in [1.82, 2.24) is 5.32 Å². The Hall–Kier alpha value is -0.520. The van der Waals surface area contributed by atoms with Crippen LogP contribution in [0.25, 0.3) is 0 Å². The Balaban J connectivity index is 2.11. The molecule has 0 heterocycles. The molecule has 1 aliphatic carbocycles. The fraction of sp³-hybridized carbons (Fsp3) is 0.462. The van der Waals surface area contributed by atoms with Gasteiger partial charge in [0, 0.05) is 15.1 Å². The highest BCUT2D eigenvalue weighted by Gasteiger charge is 2.50. The molecule has 1 saturated carbocycles. The van der Waals surface area contributed by atoms with Crippen LogP contribution >= 0.6 is 27.7 Å². The van der Waals surface area contributed by atoms with Crippen LogP contribution in [0.15, 0.2) is 33.6 Å². The normalized spacial score (nSPS) is 18.3. The van der Waals surface area contributed by atoms with Crippen LogP contribution in [0.4, 0.5) is 0 Å². The minimum Gasteiger partial charge on any atom is -0.480 e. The van der Waals surface area contributed by atoms with Gasteiger partial charge in [0.15, 0.2) is 0 Å². The summed E-state index contributed by atoms with van der Waals surface area (Å²) < 4.78 is 1.01. The van der Waals surface area contributed by atoms with Crippen LogP contribution in [0.1, 0.15) is 12.8 Å². The minimum absolute atomic E-state index is 0.259. The summed E-state index contributed by atoms with van der Waals surface area (Å²) in [5.74, 6) is 0.0635. The quantitative estimate of drug-likeness (QED) is 0.788. The molecule has 0 aliphatic heterocycles. The summed E-state index contributed by atoms with van der Waals surface area (Å²) in [4.78, 5) is 12.6. The first-order valence-corrected chi connectivity index (χ1v) is 7.67. The fourth-order valence-corrected chi connectivity index (χ4v) is 3.96. The summed E-state index contributed by atoms with van der Waals surface area (Å²) in [6, 6.07) is 7.90. The van der Waals surface area contributed by atoms with Crippen molar-refractivity contribution in [1.29, 1.82) is 0 Å². The zero-order chi connectivity index (χ0) is 13.2. The molecule has 0 bridgehead atoms. The largest absolute Gasteiger partial charge is 0.480 e. The van der Waals surface area contributed by atoms with Gasteiger partial charge in [-0.05, 0) is 53.9 Å². The van der Waals surface area contributed by atoms with Gasteiger partial charge in [-0.2, -0.15) is 0 Å². The van der Waals surface area contributed by atoms with Crippen LogP contribution < -0.4 is 5.32 Å². The van der Waals surface area contributed by atoms with E-state index < -0.39 is 11.5 Å². The molecule has 2 N–H and O–H groups in total. The number of rotatable bonds is 6. The maximum atomic E-state index is 11.6. The molecule has 0 radical (unpaired) electrons. The summed E-state index contributed by atoms with van der Waals surface area (Å²) in [5, 5.41) is 12.5. The Labute approximate surface area is 119 Å². The van der Waals surface area contributed by atoms with Crippen molar-refractivity contribution in [2.45, 2.75) is 23.3 Å². The molecular weight excluding hydrogens is 314 g/mol. The number of likely N-dealkylation sites (N-methyl/N-ethyl adjacent to an activating group) is 1. The molecule has 1 aliphatic rings. The number of halogens is 1. The lowest BCUT2D eigenvalue weighted by atomic mass is 9.96. The third kappa shape index (κ3) is 2.73. The van der Waals surface area contributed by atoms with Crippen LogP contribution in [0, 0.1) is 5.92 Å². The lowest BCUT2D eigenvalue weighted by molar-refractivity contribution is -0.144. The molecule has 3 nitrogen and oxygen atoms in total. The first-order valence-electron chi connectivity index (χ1n) is 5.90. The maximum absolute atomic E-state index is 11.6. The molecule has 1 unspecified atom stereocenters. The monoisotopic (exact) mass is 329 g/mol. The average Bonchev–Trinajstić information content (AvgIpc) is 3.17. The second kappa shape index (κ2) is 5.63. The average molecular weight is 330 g/mol. The number of nitrogens with one attached hydrogen (secondary N) is 1. The molecule has 1 atom stereocenters. The van der Waals surface area contributed by atoms with Gasteiger partial charge in [0.05, 0.1) is 0 Å². The molecule has 0 saturated heterocycles. The number of benzene rings is 1. The molecular formula is C13H16BrNO2S. The Morgan fingerprint density at radius 1 is 1.56 bits per heavy atom. The molecule has 5 heteroatoms. The number of aliphatic carboxylic acids is 1. The first kappa shape index (κ1) is 13.9. The van der Waals surface area contributed by atoms with E-state index in [-0.39, 0.29) is 5.92 Å². The number of hydrogen-bond donors (Lipinski definition) is 2. The zero-order valence-corrected chi connectivity index (χ0v) is 12.6. The summed E-state index contributed by atoms with van der Waals surface area (Å²) in [6.45, 7) is 0. The van der Waals surface area contributed by atoms with Crippen molar-refractivity contribution in [2.75, 3.05) is 12.8 Å². The molecule has 0 aromatic heterocycles. The molecule has 1 fully saturated rings. The predicted molar refractivity (Wildman–Crippen MR) is 77.0 cm³/mol. The van der Waals surface area contributed by atoms with Gasteiger partial charge in [-0.25, -0.2) is 0 Å². The summed E-state index contributed by atoms with van der Waals surface area (Å²) in [7, 11) is 1.74. The highest BCUT2D eigenvalue weighted by Crippen LogP contribution is 2.43. The van der Waals surface area contributed by atoms with Crippen LogP contribution in [-0.2, 0) is 4.79 Å². The zero-order valence-electron chi connectivity index (χ0n) is 10.1. The van der Waals surface area contributed by atoms with E-state index in [1.165, 1.54) is 0 Å². The van der Waals surface area contributed by atoms with Crippen molar-refractivity contribution in [3.8, 4) is 0 Å². The van der Waals surface area contributed by atoms with E-state index >= 15 is 0 Å². The third-order valence-corrected chi connectivity index (χ3v) is 5.61. The van der Waals surface area contributed by atoms with Gasteiger partial charge in [-0.1, -0.05) is 12.1 Å². The second-order valence-corrected chi connectivity index (χ2v) is 6.39. The Morgan fingerprint density at radius 3 is 2.72 bits per heavy atom. The SMILES string of the molecule is CNC(CSc1ccccc1Br)(C(=O)O)C1CC1. The first-order chi connectivity index (χ1) is 8.60. The molecule has 2 rings (SSSR count).